The molecule has 0 amide bonds. The molecule has 0 saturated heterocycles. The third kappa shape index (κ3) is 2.81. The maximum Gasteiger partial charge on any atom is 0.216 e. The fraction of sp³-hybridized carbons (Fsp3) is 0.105. The summed E-state index contributed by atoms with van der Waals surface area (Å²) in [5.41, 5.74) is 4.32. The zero-order chi connectivity index (χ0) is 19.0. The van der Waals surface area contributed by atoms with Crippen molar-refractivity contribution < 1.29 is 0 Å². The number of hydrogen-bond acceptors (Lipinski definition) is 6. The van der Waals surface area contributed by atoms with Crippen LogP contribution >= 0.6 is 0 Å². The van der Waals surface area contributed by atoms with Crippen molar-refractivity contribution in [2.24, 2.45) is 0 Å². The summed E-state index contributed by atoms with van der Waals surface area (Å²) < 4.78 is 0. The molecule has 0 saturated carbocycles. The number of H-pyrrole nitrogens is 2. The fourth-order valence-electron chi connectivity index (χ4n) is 3.21. The summed E-state index contributed by atoms with van der Waals surface area (Å²) >= 11 is 0. The minimum atomic E-state index is -0.0254. The Morgan fingerprint density at radius 2 is 2.15 bits per heavy atom. The van der Waals surface area contributed by atoms with Gasteiger partial charge in [-0.05, 0) is 48.4 Å². The van der Waals surface area contributed by atoms with E-state index in [2.05, 4.69) is 30.9 Å². The Labute approximate surface area is 153 Å². The average Bonchev–Trinajstić information content (AvgIpc) is 3.16. The number of nitrogens with one attached hydrogen (secondary N) is 3. The molecule has 4 aromatic rings. The van der Waals surface area contributed by atoms with Gasteiger partial charge in [0.05, 0.1) is 16.7 Å². The van der Waals surface area contributed by atoms with Crippen molar-refractivity contribution in [3.63, 3.8) is 0 Å². The second kappa shape index (κ2) is 6.38. The molecule has 8 heteroatoms. The van der Waals surface area contributed by atoms with Gasteiger partial charge in [0.15, 0.2) is 5.43 Å². The summed E-state index contributed by atoms with van der Waals surface area (Å²) in [5.74, 6) is 0.190. The van der Waals surface area contributed by atoms with Crippen molar-refractivity contribution in [3.05, 3.63) is 63.7 Å². The van der Waals surface area contributed by atoms with E-state index in [1.54, 1.807) is 12.1 Å². The van der Waals surface area contributed by atoms with E-state index in [0.29, 0.717) is 22.0 Å². The Bertz CT molecular complexity index is 1290. The van der Waals surface area contributed by atoms with Crippen LogP contribution in [-0.4, -0.2) is 25.6 Å². The largest absolute Gasteiger partial charge is 0.359 e. The number of aromatic amines is 2. The highest BCUT2D eigenvalue weighted by Crippen LogP contribution is 2.24. The number of hydrogen-bond donors (Lipinski definition) is 3. The zero-order valence-electron chi connectivity index (χ0n) is 14.7. The second-order valence-electron chi connectivity index (χ2n) is 6.24. The molecule has 0 unspecified atom stereocenters. The molecular formula is C19H15N7O. The number of aromatic nitrogens is 5. The molecule has 0 atom stereocenters. The minimum Gasteiger partial charge on any atom is -0.359 e. The fourth-order valence-corrected chi connectivity index (χ4v) is 3.21. The monoisotopic (exact) mass is 357 g/mol. The van der Waals surface area contributed by atoms with E-state index in [1.807, 2.05) is 38.1 Å². The lowest BCUT2D eigenvalue weighted by molar-refractivity contribution is 0.881. The zero-order valence-corrected chi connectivity index (χ0v) is 14.7. The van der Waals surface area contributed by atoms with Gasteiger partial charge in [-0.15, -0.1) is 10.2 Å². The van der Waals surface area contributed by atoms with Gasteiger partial charge in [-0.25, -0.2) is 0 Å². The molecule has 132 valence electrons. The molecule has 3 N–H and O–H groups in total. The molecule has 2 aromatic carbocycles. The Balaban J connectivity index is 1.90. The number of anilines is 1. The van der Waals surface area contributed by atoms with Gasteiger partial charge in [0.2, 0.25) is 5.82 Å². The lowest BCUT2D eigenvalue weighted by Crippen LogP contribution is -2.07. The van der Waals surface area contributed by atoms with Crippen LogP contribution in [0.25, 0.3) is 27.4 Å². The van der Waals surface area contributed by atoms with Gasteiger partial charge in [-0.3, -0.25) is 4.79 Å². The van der Waals surface area contributed by atoms with Crippen molar-refractivity contribution >= 4 is 33.1 Å². The van der Waals surface area contributed by atoms with Crippen molar-refractivity contribution in [2.45, 2.75) is 13.8 Å². The highest BCUT2D eigenvalue weighted by Gasteiger charge is 2.11. The predicted octanol–water partition coefficient (Wildman–Crippen LogP) is 2.79. The number of fused-ring (bicyclic) bond motifs is 2. The number of rotatable bonds is 3. The third-order valence-corrected chi connectivity index (χ3v) is 4.35. The van der Waals surface area contributed by atoms with Crippen molar-refractivity contribution in [3.8, 4) is 6.07 Å². The topological polar surface area (TPSA) is 123 Å². The SMILES string of the molecule is Cc1cc(C)c2c(=O)c3cccc(NC=C(C#N)c4nn[nH]n4)c3[nH]c2c1. The van der Waals surface area contributed by atoms with E-state index in [9.17, 15) is 10.1 Å². The number of nitriles is 1. The molecule has 2 heterocycles. The van der Waals surface area contributed by atoms with Crippen LogP contribution in [0.1, 0.15) is 17.0 Å². The summed E-state index contributed by atoms with van der Waals surface area (Å²) in [6, 6.07) is 11.4. The van der Waals surface area contributed by atoms with Crippen LogP contribution in [0.4, 0.5) is 5.69 Å². The molecule has 4 rings (SSSR count). The van der Waals surface area contributed by atoms with Gasteiger partial charge in [0, 0.05) is 17.0 Å². The van der Waals surface area contributed by atoms with Gasteiger partial charge in [0.25, 0.3) is 0 Å². The maximum atomic E-state index is 13.0. The molecule has 0 aliphatic carbocycles. The first-order valence-electron chi connectivity index (χ1n) is 8.25. The van der Waals surface area contributed by atoms with Crippen LogP contribution in [0.2, 0.25) is 0 Å². The molecule has 0 radical (unpaired) electrons. The van der Waals surface area contributed by atoms with E-state index >= 15 is 0 Å². The summed E-state index contributed by atoms with van der Waals surface area (Å²) in [6.07, 6.45) is 1.49. The van der Waals surface area contributed by atoms with Crippen molar-refractivity contribution in [1.82, 2.24) is 25.6 Å². The molecule has 2 aromatic heterocycles. The lowest BCUT2D eigenvalue weighted by Gasteiger charge is -2.10. The van der Waals surface area contributed by atoms with E-state index in [4.69, 9.17) is 0 Å². The van der Waals surface area contributed by atoms with Crippen LogP contribution < -0.4 is 10.7 Å². The average molecular weight is 357 g/mol. The molecule has 0 aliphatic heterocycles. The molecule has 0 bridgehead atoms. The summed E-state index contributed by atoms with van der Waals surface area (Å²) in [7, 11) is 0. The van der Waals surface area contributed by atoms with Crippen molar-refractivity contribution in [2.75, 3.05) is 5.32 Å². The molecule has 27 heavy (non-hydrogen) atoms. The Hall–Kier alpha value is -3.99. The van der Waals surface area contributed by atoms with Gasteiger partial charge in [0.1, 0.15) is 11.6 Å². The number of allylic oxidation sites excluding steroid dienone is 1. The highest BCUT2D eigenvalue weighted by atomic mass is 16.1. The summed E-state index contributed by atoms with van der Waals surface area (Å²) in [6.45, 7) is 3.93. The first-order chi connectivity index (χ1) is 13.1. The molecule has 0 spiro atoms. The van der Waals surface area contributed by atoms with E-state index < -0.39 is 0 Å². The van der Waals surface area contributed by atoms with Crippen LogP contribution in [0.5, 0.6) is 0 Å². The number of para-hydroxylation sites is 1. The Morgan fingerprint density at radius 1 is 1.30 bits per heavy atom. The Morgan fingerprint density at radius 3 is 2.89 bits per heavy atom. The highest BCUT2D eigenvalue weighted by molar-refractivity contribution is 5.99. The standard InChI is InChI=1S/C19H15N7O/c1-10-6-11(2)16-15(7-10)22-17-13(18(16)27)4-3-5-14(17)21-9-12(8-20)19-23-25-26-24-19/h3-7,9,21H,1-2H3,(H,22,27)(H,23,24,25,26). The van der Waals surface area contributed by atoms with Crippen LogP contribution in [-0.2, 0) is 0 Å². The molecule has 0 fully saturated rings. The summed E-state index contributed by atoms with van der Waals surface area (Å²) in [5, 5.41) is 27.0. The first kappa shape index (κ1) is 16.5. The van der Waals surface area contributed by atoms with Gasteiger partial charge >= 0.3 is 0 Å². The Kier molecular flexibility index (Phi) is 3.90. The summed E-state index contributed by atoms with van der Waals surface area (Å²) in [4.78, 5) is 16.4. The van der Waals surface area contributed by atoms with Gasteiger partial charge < -0.3 is 10.3 Å². The maximum absolute atomic E-state index is 13.0. The van der Waals surface area contributed by atoms with Crippen LogP contribution in [0, 0.1) is 25.2 Å². The number of aryl methyl sites for hydroxylation is 2. The second-order valence-corrected chi connectivity index (χ2v) is 6.24. The van der Waals surface area contributed by atoms with Gasteiger partial charge in [-0.1, -0.05) is 12.1 Å². The minimum absolute atomic E-state index is 0.0254. The van der Waals surface area contributed by atoms with Crippen molar-refractivity contribution in [1.29, 1.82) is 5.26 Å². The quantitative estimate of drug-likeness (QED) is 0.383. The molecular weight excluding hydrogens is 342 g/mol. The number of nitrogens with zero attached hydrogens (tertiary/aromatic N) is 4. The van der Waals surface area contributed by atoms with E-state index in [1.165, 1.54) is 6.20 Å². The molecule has 0 aliphatic rings. The first-order valence-corrected chi connectivity index (χ1v) is 8.25. The predicted molar refractivity (Wildman–Crippen MR) is 103 cm³/mol. The third-order valence-electron chi connectivity index (χ3n) is 4.35. The van der Waals surface area contributed by atoms with E-state index in [0.717, 1.165) is 16.6 Å². The van der Waals surface area contributed by atoms with Gasteiger partial charge in [-0.2, -0.15) is 10.5 Å². The number of benzene rings is 2. The normalized spacial score (nSPS) is 11.7. The lowest BCUT2D eigenvalue weighted by atomic mass is 10.0. The number of pyridine rings is 1. The van der Waals surface area contributed by atoms with Crippen LogP contribution in [0.15, 0.2) is 41.3 Å². The van der Waals surface area contributed by atoms with Crippen LogP contribution in [0.3, 0.4) is 0 Å². The van der Waals surface area contributed by atoms with E-state index in [-0.39, 0.29) is 16.8 Å². The molecule has 8 nitrogen and oxygen atoms in total. The smallest absolute Gasteiger partial charge is 0.216 e. The number of tetrazole rings is 1.